The Morgan fingerprint density at radius 1 is 1.08 bits per heavy atom. The molecule has 0 aliphatic rings. The average molecular weight is 375 g/mol. The number of rotatable bonds is 6. The van der Waals surface area contributed by atoms with Gasteiger partial charge in [-0.25, -0.2) is 4.72 Å². The van der Waals surface area contributed by atoms with Crippen molar-refractivity contribution in [3.63, 3.8) is 0 Å². The van der Waals surface area contributed by atoms with Crippen LogP contribution in [-0.4, -0.2) is 27.6 Å². The van der Waals surface area contributed by atoms with Gasteiger partial charge in [-0.05, 0) is 42.5 Å². The van der Waals surface area contributed by atoms with Gasteiger partial charge in [0.2, 0.25) is 0 Å². The normalized spacial score (nSPS) is 11.4. The standard InChI is InChI=1S/C17H17N3O3S2/c1-18-25(21,22)20-12-3-6-14(7-4-12)24-17-9-10-19-16-11-13(23-2)5-8-15(16)17/h3-11,18,20H,1-2H3. The summed E-state index contributed by atoms with van der Waals surface area (Å²) in [4.78, 5) is 6.44. The van der Waals surface area contributed by atoms with Gasteiger partial charge in [0, 0.05) is 40.2 Å². The fourth-order valence-corrected chi connectivity index (χ4v) is 3.73. The number of fused-ring (bicyclic) bond motifs is 1. The Labute approximate surface area is 150 Å². The lowest BCUT2D eigenvalue weighted by molar-refractivity contribution is 0.415. The maximum atomic E-state index is 11.5. The van der Waals surface area contributed by atoms with Crippen LogP contribution in [0.15, 0.2) is 64.5 Å². The van der Waals surface area contributed by atoms with Crippen LogP contribution in [0, 0.1) is 0 Å². The van der Waals surface area contributed by atoms with Crippen molar-refractivity contribution in [2.24, 2.45) is 0 Å². The van der Waals surface area contributed by atoms with Gasteiger partial charge in [0.25, 0.3) is 10.2 Å². The first kappa shape index (κ1) is 17.5. The van der Waals surface area contributed by atoms with Gasteiger partial charge < -0.3 is 4.74 Å². The Morgan fingerprint density at radius 2 is 1.84 bits per heavy atom. The lowest BCUT2D eigenvalue weighted by Crippen LogP contribution is -2.26. The highest BCUT2D eigenvalue weighted by atomic mass is 32.2. The first-order chi connectivity index (χ1) is 12.0. The number of hydrogen-bond donors (Lipinski definition) is 2. The lowest BCUT2D eigenvalue weighted by Gasteiger charge is -2.09. The van der Waals surface area contributed by atoms with E-state index in [0.717, 1.165) is 26.4 Å². The molecule has 1 heterocycles. The van der Waals surface area contributed by atoms with Gasteiger partial charge in [-0.3, -0.25) is 9.71 Å². The van der Waals surface area contributed by atoms with Crippen LogP contribution in [0.4, 0.5) is 5.69 Å². The molecular weight excluding hydrogens is 358 g/mol. The Kier molecular flexibility index (Phi) is 5.12. The fraction of sp³-hybridized carbons (Fsp3) is 0.118. The number of ether oxygens (including phenoxy) is 1. The van der Waals surface area contributed by atoms with Crippen LogP contribution < -0.4 is 14.2 Å². The number of nitrogens with zero attached hydrogens (tertiary/aromatic N) is 1. The number of anilines is 1. The van der Waals surface area contributed by atoms with Crippen molar-refractivity contribution in [2.45, 2.75) is 9.79 Å². The fourth-order valence-electron chi connectivity index (χ4n) is 2.24. The summed E-state index contributed by atoms with van der Waals surface area (Å²) in [6, 6.07) is 14.9. The smallest absolute Gasteiger partial charge is 0.298 e. The third-order valence-corrected chi connectivity index (χ3v) is 5.64. The van der Waals surface area contributed by atoms with Crippen LogP contribution in [0.2, 0.25) is 0 Å². The summed E-state index contributed by atoms with van der Waals surface area (Å²) in [5.41, 5.74) is 1.37. The second-order valence-electron chi connectivity index (χ2n) is 5.13. The molecule has 0 aliphatic carbocycles. The Hall–Kier alpha value is -2.29. The number of aromatic nitrogens is 1. The zero-order valence-electron chi connectivity index (χ0n) is 13.7. The Morgan fingerprint density at radius 3 is 2.52 bits per heavy atom. The third kappa shape index (κ3) is 4.22. The van der Waals surface area contributed by atoms with E-state index in [0.29, 0.717) is 5.69 Å². The minimum atomic E-state index is -3.51. The molecule has 0 unspecified atom stereocenters. The van der Waals surface area contributed by atoms with Crippen molar-refractivity contribution in [2.75, 3.05) is 18.9 Å². The van der Waals surface area contributed by atoms with E-state index in [1.165, 1.54) is 7.05 Å². The van der Waals surface area contributed by atoms with Gasteiger partial charge in [-0.15, -0.1) is 0 Å². The summed E-state index contributed by atoms with van der Waals surface area (Å²) in [7, 11) is -0.521. The predicted molar refractivity (Wildman–Crippen MR) is 100 cm³/mol. The van der Waals surface area contributed by atoms with Crippen molar-refractivity contribution in [3.05, 3.63) is 54.7 Å². The summed E-state index contributed by atoms with van der Waals surface area (Å²) in [5.74, 6) is 0.767. The highest BCUT2D eigenvalue weighted by Gasteiger charge is 2.08. The second kappa shape index (κ2) is 7.30. The van der Waals surface area contributed by atoms with E-state index in [4.69, 9.17) is 4.74 Å². The zero-order chi connectivity index (χ0) is 17.9. The summed E-state index contributed by atoms with van der Waals surface area (Å²) in [6.07, 6.45) is 1.76. The van der Waals surface area contributed by atoms with E-state index in [9.17, 15) is 8.42 Å². The highest BCUT2D eigenvalue weighted by Crippen LogP contribution is 2.34. The van der Waals surface area contributed by atoms with Crippen molar-refractivity contribution in [1.82, 2.24) is 9.71 Å². The van der Waals surface area contributed by atoms with Crippen LogP contribution in [0.5, 0.6) is 5.75 Å². The molecule has 1 aromatic heterocycles. The molecule has 6 nitrogen and oxygen atoms in total. The highest BCUT2D eigenvalue weighted by molar-refractivity contribution is 7.99. The minimum absolute atomic E-state index is 0.503. The van der Waals surface area contributed by atoms with Gasteiger partial charge in [-0.2, -0.15) is 8.42 Å². The van der Waals surface area contributed by atoms with Crippen molar-refractivity contribution < 1.29 is 13.2 Å². The molecule has 2 N–H and O–H groups in total. The van der Waals surface area contributed by atoms with Crippen molar-refractivity contribution in [1.29, 1.82) is 0 Å². The third-order valence-electron chi connectivity index (χ3n) is 3.51. The van der Waals surface area contributed by atoms with Crippen LogP contribution in [0.1, 0.15) is 0 Å². The molecule has 3 rings (SSSR count). The molecule has 0 spiro atoms. The summed E-state index contributed by atoms with van der Waals surface area (Å²) >= 11 is 1.59. The molecule has 130 valence electrons. The molecule has 2 aromatic carbocycles. The van der Waals surface area contributed by atoms with E-state index in [2.05, 4.69) is 14.4 Å². The van der Waals surface area contributed by atoms with Gasteiger partial charge in [-0.1, -0.05) is 11.8 Å². The van der Waals surface area contributed by atoms with Crippen LogP contribution in [-0.2, 0) is 10.2 Å². The Balaban J connectivity index is 1.84. The zero-order valence-corrected chi connectivity index (χ0v) is 15.3. The van der Waals surface area contributed by atoms with E-state index >= 15 is 0 Å². The number of pyridine rings is 1. The molecule has 8 heteroatoms. The minimum Gasteiger partial charge on any atom is -0.497 e. The molecule has 0 saturated carbocycles. The van der Waals surface area contributed by atoms with Gasteiger partial charge in [0.05, 0.1) is 12.6 Å². The maximum absolute atomic E-state index is 11.5. The van der Waals surface area contributed by atoms with E-state index in [-0.39, 0.29) is 0 Å². The molecule has 0 saturated heterocycles. The molecular formula is C17H17N3O3S2. The monoisotopic (exact) mass is 375 g/mol. The van der Waals surface area contributed by atoms with Gasteiger partial charge in [0.1, 0.15) is 5.75 Å². The van der Waals surface area contributed by atoms with Gasteiger partial charge in [0.15, 0.2) is 0 Å². The SMILES string of the molecule is CNS(=O)(=O)Nc1ccc(Sc2ccnc3cc(OC)ccc23)cc1. The van der Waals surface area contributed by atoms with Crippen LogP contribution >= 0.6 is 11.8 Å². The number of hydrogen-bond acceptors (Lipinski definition) is 5. The molecule has 3 aromatic rings. The summed E-state index contributed by atoms with van der Waals surface area (Å²) < 4.78 is 32.9. The van der Waals surface area contributed by atoms with Crippen LogP contribution in [0.25, 0.3) is 10.9 Å². The lowest BCUT2D eigenvalue weighted by atomic mass is 10.2. The summed E-state index contributed by atoms with van der Waals surface area (Å²) in [6.45, 7) is 0. The molecule has 0 atom stereocenters. The first-order valence-electron chi connectivity index (χ1n) is 7.43. The van der Waals surface area contributed by atoms with Crippen LogP contribution in [0.3, 0.4) is 0 Å². The molecule has 25 heavy (non-hydrogen) atoms. The number of benzene rings is 2. The van der Waals surface area contributed by atoms with Gasteiger partial charge >= 0.3 is 0 Å². The van der Waals surface area contributed by atoms with E-state index in [1.54, 1.807) is 37.2 Å². The molecule has 0 amide bonds. The maximum Gasteiger partial charge on any atom is 0.298 e. The first-order valence-corrected chi connectivity index (χ1v) is 9.73. The average Bonchev–Trinajstić information content (AvgIpc) is 2.63. The Bertz CT molecular complexity index is 990. The molecule has 0 radical (unpaired) electrons. The second-order valence-corrected chi connectivity index (χ2v) is 7.86. The number of nitrogens with one attached hydrogen (secondary N) is 2. The van der Waals surface area contributed by atoms with Crippen molar-refractivity contribution in [3.8, 4) is 5.75 Å². The van der Waals surface area contributed by atoms with Crippen molar-refractivity contribution >= 4 is 38.6 Å². The molecule has 0 aliphatic heterocycles. The number of methoxy groups -OCH3 is 1. The van der Waals surface area contributed by atoms with E-state index in [1.807, 2.05) is 36.4 Å². The summed E-state index contributed by atoms with van der Waals surface area (Å²) in [5, 5.41) is 1.04. The molecule has 0 fully saturated rings. The largest absolute Gasteiger partial charge is 0.497 e. The molecule has 0 bridgehead atoms. The topological polar surface area (TPSA) is 80.3 Å². The predicted octanol–water partition coefficient (Wildman–Crippen LogP) is 3.27. The van der Waals surface area contributed by atoms with E-state index < -0.39 is 10.2 Å². The quantitative estimate of drug-likeness (QED) is 0.691.